The number of benzene rings is 1. The zero-order valence-electron chi connectivity index (χ0n) is 15.9. The molecule has 0 aliphatic heterocycles. The Bertz CT molecular complexity index is 744. The Morgan fingerprint density at radius 2 is 1.79 bits per heavy atom. The third-order valence-electron chi connectivity index (χ3n) is 4.44. The fourth-order valence-corrected chi connectivity index (χ4v) is 2.83. The molecule has 2 rings (SSSR count). The van der Waals surface area contributed by atoms with Crippen molar-refractivity contribution in [3.8, 4) is 0 Å². The highest BCUT2D eigenvalue weighted by atomic mass is 16.4. The number of carbonyl (C=O) groups is 2. The second kappa shape index (κ2) is 11.2. The lowest BCUT2D eigenvalue weighted by Gasteiger charge is -2.22. The Morgan fingerprint density at radius 3 is 2.39 bits per heavy atom. The van der Waals surface area contributed by atoms with Crippen molar-refractivity contribution < 1.29 is 19.6 Å². The molecule has 0 bridgehead atoms. The minimum Gasteiger partial charge on any atom is -0.426 e. The van der Waals surface area contributed by atoms with E-state index in [1.807, 2.05) is 30.3 Å². The molecule has 0 saturated heterocycles. The number of nitrogens with zero attached hydrogens (tertiary/aromatic N) is 1. The Morgan fingerprint density at radius 1 is 1.07 bits per heavy atom. The van der Waals surface area contributed by atoms with E-state index in [9.17, 15) is 19.6 Å². The van der Waals surface area contributed by atoms with Gasteiger partial charge in [0.15, 0.2) is 0 Å². The van der Waals surface area contributed by atoms with E-state index >= 15 is 0 Å². The number of hydrogen-bond donors (Lipinski definition) is 4. The van der Waals surface area contributed by atoms with Crippen LogP contribution in [-0.2, 0) is 11.2 Å². The third kappa shape index (κ3) is 6.79. The van der Waals surface area contributed by atoms with E-state index in [1.165, 1.54) is 6.20 Å². The molecule has 148 valence electrons. The summed E-state index contributed by atoms with van der Waals surface area (Å²) in [5.74, 6) is -1.71. The van der Waals surface area contributed by atoms with Crippen molar-refractivity contribution in [3.05, 3.63) is 66.0 Å². The van der Waals surface area contributed by atoms with Crippen molar-refractivity contribution in [2.24, 2.45) is 0 Å². The van der Waals surface area contributed by atoms with Crippen molar-refractivity contribution >= 4 is 18.9 Å². The van der Waals surface area contributed by atoms with Gasteiger partial charge in [-0.25, -0.2) is 0 Å². The van der Waals surface area contributed by atoms with Crippen LogP contribution in [0.4, 0.5) is 0 Å². The van der Waals surface area contributed by atoms with Crippen molar-refractivity contribution in [2.45, 2.75) is 44.6 Å². The monoisotopic (exact) mass is 383 g/mol. The van der Waals surface area contributed by atoms with Crippen molar-refractivity contribution in [3.63, 3.8) is 0 Å². The first kappa shape index (κ1) is 21.6. The Balaban J connectivity index is 1.88. The largest absolute Gasteiger partial charge is 0.475 e. The quantitative estimate of drug-likeness (QED) is 0.460. The number of amides is 2. The Labute approximate surface area is 165 Å². The van der Waals surface area contributed by atoms with Crippen LogP contribution in [-0.4, -0.2) is 45.9 Å². The topological polar surface area (TPSA) is 112 Å². The lowest BCUT2D eigenvalue weighted by molar-refractivity contribution is -0.123. The molecule has 0 radical (unpaired) electrons. The highest BCUT2D eigenvalue weighted by Crippen LogP contribution is 2.08. The second-order valence-electron chi connectivity index (χ2n) is 6.56. The van der Waals surface area contributed by atoms with E-state index in [4.69, 9.17) is 0 Å². The van der Waals surface area contributed by atoms with Crippen molar-refractivity contribution in [1.82, 2.24) is 15.6 Å². The van der Waals surface area contributed by atoms with Crippen LogP contribution in [0, 0.1) is 0 Å². The van der Waals surface area contributed by atoms with Crippen molar-refractivity contribution in [1.29, 1.82) is 0 Å². The van der Waals surface area contributed by atoms with Gasteiger partial charge in [-0.1, -0.05) is 43.3 Å². The molecule has 8 heteroatoms. The SMILES string of the molecule is CC[C@@H](NC(=O)c1ccccn1)C(=O)N[C@@H](CCCc1ccccc1)B(O)O. The number of hydrogen-bond acceptors (Lipinski definition) is 5. The molecule has 0 saturated carbocycles. The standard InChI is InChI=1S/C20H26BN3O4/c1-2-16(23-20(26)17-12-6-7-14-22-17)19(25)24-18(21(27)28)13-8-11-15-9-4-3-5-10-15/h3-7,9-10,12,14,16,18,27-28H,2,8,11,13H2,1H3,(H,23,26)(H,24,25)/t16-,18+/m1/s1. The average molecular weight is 383 g/mol. The molecule has 0 aliphatic rings. The predicted molar refractivity (Wildman–Crippen MR) is 107 cm³/mol. The molecule has 0 unspecified atom stereocenters. The van der Waals surface area contributed by atoms with Gasteiger partial charge in [-0.2, -0.15) is 0 Å². The van der Waals surface area contributed by atoms with E-state index < -0.39 is 30.9 Å². The predicted octanol–water partition coefficient (Wildman–Crippen LogP) is 1.11. The molecular weight excluding hydrogens is 357 g/mol. The smallest absolute Gasteiger partial charge is 0.426 e. The lowest BCUT2D eigenvalue weighted by atomic mass is 9.76. The summed E-state index contributed by atoms with van der Waals surface area (Å²) < 4.78 is 0. The molecule has 2 aromatic rings. The number of aromatic nitrogens is 1. The summed E-state index contributed by atoms with van der Waals surface area (Å²) in [7, 11) is -1.68. The summed E-state index contributed by atoms with van der Waals surface area (Å²) in [6.07, 6.45) is 3.73. The number of rotatable bonds is 10. The highest BCUT2D eigenvalue weighted by molar-refractivity contribution is 6.43. The number of aryl methyl sites for hydroxylation is 1. The molecule has 7 nitrogen and oxygen atoms in total. The van der Waals surface area contributed by atoms with Gasteiger partial charge in [-0.15, -0.1) is 0 Å². The zero-order valence-corrected chi connectivity index (χ0v) is 15.9. The molecular formula is C20H26BN3O4. The average Bonchev–Trinajstić information content (AvgIpc) is 2.72. The van der Waals surface area contributed by atoms with Gasteiger partial charge in [0.05, 0.1) is 5.94 Å². The van der Waals surface area contributed by atoms with Crippen LogP contribution in [0.2, 0.25) is 0 Å². The summed E-state index contributed by atoms with van der Waals surface area (Å²) in [6.45, 7) is 1.77. The fourth-order valence-electron chi connectivity index (χ4n) is 2.83. The van der Waals surface area contributed by atoms with Crippen LogP contribution in [0.15, 0.2) is 54.7 Å². The van der Waals surface area contributed by atoms with Crippen LogP contribution in [0.5, 0.6) is 0 Å². The number of pyridine rings is 1. The molecule has 0 aliphatic carbocycles. The molecule has 2 atom stereocenters. The molecule has 2 amide bonds. The first-order valence-electron chi connectivity index (χ1n) is 9.43. The maximum Gasteiger partial charge on any atom is 0.475 e. The Kier molecular flexibility index (Phi) is 8.64. The highest BCUT2D eigenvalue weighted by Gasteiger charge is 2.28. The molecule has 1 aromatic heterocycles. The summed E-state index contributed by atoms with van der Waals surface area (Å²) in [5, 5.41) is 24.5. The Hall–Kier alpha value is -2.71. The molecule has 0 fully saturated rings. The van der Waals surface area contributed by atoms with Gasteiger partial charge in [0.2, 0.25) is 5.91 Å². The molecule has 1 heterocycles. The van der Waals surface area contributed by atoms with Crippen LogP contribution in [0.1, 0.15) is 42.2 Å². The first-order chi connectivity index (χ1) is 13.5. The van der Waals surface area contributed by atoms with Gasteiger partial charge >= 0.3 is 7.12 Å². The van der Waals surface area contributed by atoms with Gasteiger partial charge in [-0.3, -0.25) is 14.6 Å². The van der Waals surface area contributed by atoms with Gasteiger partial charge in [0, 0.05) is 6.20 Å². The van der Waals surface area contributed by atoms with Gasteiger partial charge < -0.3 is 20.7 Å². The fraction of sp³-hybridized carbons (Fsp3) is 0.350. The molecule has 4 N–H and O–H groups in total. The van der Waals surface area contributed by atoms with E-state index in [0.29, 0.717) is 19.3 Å². The lowest BCUT2D eigenvalue weighted by Crippen LogP contribution is -2.53. The van der Waals surface area contributed by atoms with Crippen molar-refractivity contribution in [2.75, 3.05) is 0 Å². The maximum atomic E-state index is 12.5. The number of carbonyl (C=O) groups excluding carboxylic acids is 2. The van der Waals surface area contributed by atoms with Crippen LogP contribution < -0.4 is 10.6 Å². The van der Waals surface area contributed by atoms with Crippen LogP contribution >= 0.6 is 0 Å². The third-order valence-corrected chi connectivity index (χ3v) is 4.44. The summed E-state index contributed by atoms with van der Waals surface area (Å²) in [5.41, 5.74) is 1.37. The minimum atomic E-state index is -1.68. The first-order valence-corrected chi connectivity index (χ1v) is 9.43. The van der Waals surface area contributed by atoms with E-state index in [-0.39, 0.29) is 5.69 Å². The van der Waals surface area contributed by atoms with Crippen LogP contribution in [0.3, 0.4) is 0 Å². The summed E-state index contributed by atoms with van der Waals surface area (Å²) in [4.78, 5) is 28.7. The molecule has 1 aromatic carbocycles. The van der Waals surface area contributed by atoms with E-state index in [1.54, 1.807) is 25.1 Å². The van der Waals surface area contributed by atoms with Gasteiger partial charge in [0.25, 0.3) is 5.91 Å². The maximum absolute atomic E-state index is 12.5. The van der Waals surface area contributed by atoms with Gasteiger partial charge in [-0.05, 0) is 43.4 Å². The second-order valence-corrected chi connectivity index (χ2v) is 6.56. The minimum absolute atomic E-state index is 0.218. The summed E-state index contributed by atoms with van der Waals surface area (Å²) in [6, 6.07) is 14.0. The molecule has 28 heavy (non-hydrogen) atoms. The summed E-state index contributed by atoms with van der Waals surface area (Å²) >= 11 is 0. The zero-order chi connectivity index (χ0) is 20.4. The normalized spacial score (nSPS) is 12.7. The van der Waals surface area contributed by atoms with Gasteiger partial charge in [0.1, 0.15) is 11.7 Å². The van der Waals surface area contributed by atoms with E-state index in [2.05, 4.69) is 15.6 Å². The molecule has 0 spiro atoms. The number of nitrogens with one attached hydrogen (secondary N) is 2. The van der Waals surface area contributed by atoms with Crippen LogP contribution in [0.25, 0.3) is 0 Å². The van der Waals surface area contributed by atoms with E-state index in [0.717, 1.165) is 12.0 Å².